The molecule has 1 aliphatic rings. The minimum atomic E-state index is -0.616. The Morgan fingerprint density at radius 2 is 1.72 bits per heavy atom. The fourth-order valence-electron chi connectivity index (χ4n) is 2.78. The number of rotatable bonds is 8. The first kappa shape index (κ1) is 20.3. The zero-order chi connectivity index (χ0) is 20.6. The van der Waals surface area contributed by atoms with Gasteiger partial charge in [0.2, 0.25) is 5.91 Å². The number of carbonyl (C=O) groups excluding carboxylic acids is 3. The van der Waals surface area contributed by atoms with Crippen LogP contribution in [-0.2, 0) is 14.3 Å². The summed E-state index contributed by atoms with van der Waals surface area (Å²) in [5.74, 6) is -1.04. The van der Waals surface area contributed by atoms with E-state index in [4.69, 9.17) is 19.9 Å². The van der Waals surface area contributed by atoms with E-state index in [9.17, 15) is 14.4 Å². The van der Waals surface area contributed by atoms with Crippen molar-refractivity contribution in [3.63, 3.8) is 0 Å². The van der Waals surface area contributed by atoms with E-state index < -0.39 is 24.4 Å². The molecule has 1 aliphatic heterocycles. The number of hydrogen-bond donors (Lipinski definition) is 2. The lowest BCUT2D eigenvalue weighted by molar-refractivity contribution is -0.119. The Kier molecular flexibility index (Phi) is 6.80. The van der Waals surface area contributed by atoms with Crippen molar-refractivity contribution in [2.75, 3.05) is 25.1 Å². The van der Waals surface area contributed by atoms with Crippen molar-refractivity contribution in [1.82, 2.24) is 0 Å². The number of carbonyl (C=O) groups is 3. The fourth-order valence-corrected chi connectivity index (χ4v) is 2.78. The molecular weight excluding hydrogens is 376 g/mol. The summed E-state index contributed by atoms with van der Waals surface area (Å²) in [5.41, 5.74) is 6.26. The van der Waals surface area contributed by atoms with Gasteiger partial charge in [-0.15, -0.1) is 0 Å². The Morgan fingerprint density at radius 1 is 1.03 bits per heavy atom. The molecule has 3 N–H and O–H groups in total. The molecule has 29 heavy (non-hydrogen) atoms. The number of ether oxygens (including phenoxy) is 3. The van der Waals surface area contributed by atoms with Crippen LogP contribution in [-0.4, -0.2) is 43.7 Å². The summed E-state index contributed by atoms with van der Waals surface area (Å²) in [7, 11) is 0. The van der Waals surface area contributed by atoms with Gasteiger partial charge >= 0.3 is 5.97 Å². The Bertz CT molecular complexity index is 858. The number of esters is 1. The lowest BCUT2D eigenvalue weighted by Gasteiger charge is -2.11. The average molecular weight is 398 g/mol. The summed E-state index contributed by atoms with van der Waals surface area (Å²) in [6.45, 7) is 0.809. The average Bonchev–Trinajstić information content (AvgIpc) is 3.25. The first-order valence-electron chi connectivity index (χ1n) is 9.22. The largest absolute Gasteiger partial charge is 0.491 e. The summed E-state index contributed by atoms with van der Waals surface area (Å²) in [6.07, 6.45) is 2.15. The smallest absolute Gasteiger partial charge is 0.338 e. The normalized spacial score (nSPS) is 15.5. The van der Waals surface area contributed by atoms with Gasteiger partial charge in [-0.25, -0.2) is 4.79 Å². The van der Waals surface area contributed by atoms with Gasteiger partial charge in [-0.3, -0.25) is 9.59 Å². The molecule has 8 nitrogen and oxygen atoms in total. The van der Waals surface area contributed by atoms with Gasteiger partial charge in [0, 0.05) is 17.9 Å². The van der Waals surface area contributed by atoms with Gasteiger partial charge in [-0.1, -0.05) is 0 Å². The van der Waals surface area contributed by atoms with E-state index in [1.54, 1.807) is 24.3 Å². The van der Waals surface area contributed by atoms with Crippen LogP contribution < -0.4 is 15.8 Å². The van der Waals surface area contributed by atoms with Crippen LogP contribution in [0.3, 0.4) is 0 Å². The van der Waals surface area contributed by atoms with Gasteiger partial charge in [0.1, 0.15) is 12.4 Å². The SMILES string of the molecule is NC(=O)c1ccc(NC(=O)COC(=O)c2ccc(OC[C@@H]3CCCO3)cc2)cc1. The second-order valence-electron chi connectivity index (χ2n) is 6.54. The second-order valence-corrected chi connectivity index (χ2v) is 6.54. The first-order chi connectivity index (χ1) is 14.0. The van der Waals surface area contributed by atoms with E-state index in [2.05, 4.69) is 5.32 Å². The lowest BCUT2D eigenvalue weighted by Crippen LogP contribution is -2.21. The molecule has 1 atom stereocenters. The molecule has 0 bridgehead atoms. The van der Waals surface area contributed by atoms with Crippen LogP contribution in [0.4, 0.5) is 5.69 Å². The number of hydrogen-bond acceptors (Lipinski definition) is 6. The molecule has 3 rings (SSSR count). The zero-order valence-corrected chi connectivity index (χ0v) is 15.8. The van der Waals surface area contributed by atoms with E-state index in [1.165, 1.54) is 24.3 Å². The number of benzene rings is 2. The molecule has 0 unspecified atom stereocenters. The zero-order valence-electron chi connectivity index (χ0n) is 15.8. The van der Waals surface area contributed by atoms with Crippen LogP contribution >= 0.6 is 0 Å². The van der Waals surface area contributed by atoms with Crippen LogP contribution in [0.2, 0.25) is 0 Å². The summed E-state index contributed by atoms with van der Waals surface area (Å²) < 4.78 is 16.2. The highest BCUT2D eigenvalue weighted by Crippen LogP contribution is 2.17. The molecule has 0 saturated carbocycles. The van der Waals surface area contributed by atoms with Crippen molar-refractivity contribution in [2.45, 2.75) is 18.9 Å². The number of amides is 2. The van der Waals surface area contributed by atoms with Crippen LogP contribution in [0, 0.1) is 0 Å². The highest BCUT2D eigenvalue weighted by molar-refractivity contribution is 5.96. The van der Waals surface area contributed by atoms with E-state index in [0.717, 1.165) is 19.4 Å². The third-order valence-electron chi connectivity index (χ3n) is 4.34. The topological polar surface area (TPSA) is 117 Å². The molecule has 1 heterocycles. The molecule has 0 spiro atoms. The number of nitrogens with two attached hydrogens (primary N) is 1. The predicted octanol–water partition coefficient (Wildman–Crippen LogP) is 2.14. The molecule has 2 aromatic rings. The maximum Gasteiger partial charge on any atom is 0.338 e. The van der Waals surface area contributed by atoms with Gasteiger partial charge in [0.15, 0.2) is 6.61 Å². The van der Waals surface area contributed by atoms with Crippen molar-refractivity contribution in [2.24, 2.45) is 5.73 Å². The molecule has 152 valence electrons. The molecule has 8 heteroatoms. The van der Waals surface area contributed by atoms with Crippen LogP contribution in [0.15, 0.2) is 48.5 Å². The van der Waals surface area contributed by atoms with Crippen molar-refractivity contribution in [1.29, 1.82) is 0 Å². The minimum absolute atomic E-state index is 0.116. The van der Waals surface area contributed by atoms with Gasteiger partial charge in [-0.2, -0.15) is 0 Å². The summed E-state index contributed by atoms with van der Waals surface area (Å²) in [5, 5.41) is 2.57. The molecule has 0 radical (unpaired) electrons. The summed E-state index contributed by atoms with van der Waals surface area (Å²) in [6, 6.07) is 12.6. The third kappa shape index (κ3) is 6.05. The number of nitrogens with one attached hydrogen (secondary N) is 1. The number of anilines is 1. The lowest BCUT2D eigenvalue weighted by atomic mass is 10.2. The molecule has 0 aromatic heterocycles. The van der Waals surface area contributed by atoms with Gasteiger partial charge in [0.05, 0.1) is 11.7 Å². The highest BCUT2D eigenvalue weighted by Gasteiger charge is 2.16. The number of primary amides is 1. The molecule has 0 aliphatic carbocycles. The predicted molar refractivity (Wildman–Crippen MR) is 105 cm³/mol. The maximum atomic E-state index is 12.1. The Morgan fingerprint density at radius 3 is 2.34 bits per heavy atom. The second kappa shape index (κ2) is 9.70. The van der Waals surface area contributed by atoms with Gasteiger partial charge < -0.3 is 25.3 Å². The van der Waals surface area contributed by atoms with Crippen molar-refractivity contribution < 1.29 is 28.6 Å². The van der Waals surface area contributed by atoms with Gasteiger partial charge in [0.25, 0.3) is 5.91 Å². The van der Waals surface area contributed by atoms with Crippen LogP contribution in [0.25, 0.3) is 0 Å². The van der Waals surface area contributed by atoms with Crippen LogP contribution in [0.5, 0.6) is 5.75 Å². The van der Waals surface area contributed by atoms with E-state index in [-0.39, 0.29) is 6.10 Å². The van der Waals surface area contributed by atoms with Crippen LogP contribution in [0.1, 0.15) is 33.6 Å². The molecular formula is C21H22N2O6. The summed E-state index contributed by atoms with van der Waals surface area (Å²) >= 11 is 0. The molecule has 1 saturated heterocycles. The van der Waals surface area contributed by atoms with E-state index >= 15 is 0 Å². The Hall–Kier alpha value is -3.39. The van der Waals surface area contributed by atoms with Gasteiger partial charge in [-0.05, 0) is 61.4 Å². The quantitative estimate of drug-likeness (QED) is 0.658. The maximum absolute atomic E-state index is 12.1. The minimum Gasteiger partial charge on any atom is -0.491 e. The molecule has 2 amide bonds. The van der Waals surface area contributed by atoms with E-state index in [0.29, 0.717) is 29.2 Å². The highest BCUT2D eigenvalue weighted by atomic mass is 16.5. The summed E-state index contributed by atoms with van der Waals surface area (Å²) in [4.78, 5) is 35.0. The molecule has 1 fully saturated rings. The fraction of sp³-hybridized carbons (Fsp3) is 0.286. The Balaban J connectivity index is 1.43. The third-order valence-corrected chi connectivity index (χ3v) is 4.34. The van der Waals surface area contributed by atoms with Crippen molar-refractivity contribution >= 4 is 23.5 Å². The Labute approximate surface area is 167 Å². The first-order valence-corrected chi connectivity index (χ1v) is 9.22. The van der Waals surface area contributed by atoms with Crippen molar-refractivity contribution in [3.05, 3.63) is 59.7 Å². The van der Waals surface area contributed by atoms with E-state index in [1.807, 2.05) is 0 Å². The standard InChI is InChI=1S/C21H22N2O6/c22-20(25)14-3-7-16(8-4-14)23-19(24)13-29-21(26)15-5-9-17(10-6-15)28-12-18-2-1-11-27-18/h3-10,18H,1-2,11-13H2,(H2,22,25)(H,23,24)/t18-/m0/s1. The monoisotopic (exact) mass is 398 g/mol. The molecule has 2 aromatic carbocycles. The van der Waals surface area contributed by atoms with Crippen molar-refractivity contribution in [3.8, 4) is 5.75 Å².